The molecule has 7 nitrogen and oxygen atoms in total. The van der Waals surface area contributed by atoms with E-state index in [1.54, 1.807) is 24.3 Å². The first-order valence-electron chi connectivity index (χ1n) is 7.19. The van der Waals surface area contributed by atoms with E-state index in [-0.39, 0.29) is 11.6 Å². The van der Waals surface area contributed by atoms with Gasteiger partial charge in [0.25, 0.3) is 0 Å². The number of esters is 1. The summed E-state index contributed by atoms with van der Waals surface area (Å²) in [7, 11) is 0. The maximum absolute atomic E-state index is 12.1. The minimum absolute atomic E-state index is 0.102. The number of amides is 1. The van der Waals surface area contributed by atoms with Gasteiger partial charge in [-0.3, -0.25) is 4.79 Å². The van der Waals surface area contributed by atoms with Gasteiger partial charge in [-0.1, -0.05) is 23.4 Å². The lowest BCUT2D eigenvalue weighted by atomic mass is 10.3. The Bertz CT molecular complexity index is 857. The van der Waals surface area contributed by atoms with Crippen LogP contribution < -0.4 is 10.1 Å². The van der Waals surface area contributed by atoms with Crippen molar-refractivity contribution in [1.82, 2.24) is 15.0 Å². The van der Waals surface area contributed by atoms with E-state index >= 15 is 0 Å². The third kappa shape index (κ3) is 3.64. The lowest BCUT2D eigenvalue weighted by molar-refractivity contribution is -0.114. The predicted molar refractivity (Wildman–Crippen MR) is 87.1 cm³/mol. The van der Waals surface area contributed by atoms with Gasteiger partial charge < -0.3 is 10.1 Å². The summed E-state index contributed by atoms with van der Waals surface area (Å²) in [5, 5.41) is 10.4. The number of carbonyl (C=O) groups is 2. The average molecular weight is 322 g/mol. The first kappa shape index (κ1) is 15.4. The zero-order valence-corrected chi connectivity index (χ0v) is 12.8. The maximum atomic E-state index is 12.1. The number of nitrogens with one attached hydrogen (secondary N) is 1. The minimum atomic E-state index is -0.607. The number of para-hydroxylation sites is 1. The number of nitrogens with zero attached hydrogens (tertiary/aromatic N) is 3. The Kier molecular flexibility index (Phi) is 4.33. The van der Waals surface area contributed by atoms with E-state index in [2.05, 4.69) is 15.6 Å². The molecular formula is C17H14N4O3. The molecule has 0 aliphatic carbocycles. The molecule has 1 heterocycles. The van der Waals surface area contributed by atoms with Gasteiger partial charge >= 0.3 is 5.97 Å². The first-order chi connectivity index (χ1) is 11.6. The molecule has 120 valence electrons. The van der Waals surface area contributed by atoms with E-state index < -0.39 is 5.97 Å². The molecule has 7 heteroatoms. The van der Waals surface area contributed by atoms with Crippen LogP contribution in [0.4, 0.5) is 5.69 Å². The summed E-state index contributed by atoms with van der Waals surface area (Å²) in [6, 6.07) is 15.8. The molecule has 0 unspecified atom stereocenters. The number of hydrogen-bond acceptors (Lipinski definition) is 5. The summed E-state index contributed by atoms with van der Waals surface area (Å²) in [4.78, 5) is 23.1. The Morgan fingerprint density at radius 2 is 1.75 bits per heavy atom. The van der Waals surface area contributed by atoms with Crippen molar-refractivity contribution in [2.75, 3.05) is 5.32 Å². The van der Waals surface area contributed by atoms with Crippen LogP contribution in [0.5, 0.6) is 5.75 Å². The topological polar surface area (TPSA) is 86.1 Å². The van der Waals surface area contributed by atoms with Crippen molar-refractivity contribution >= 4 is 17.6 Å². The van der Waals surface area contributed by atoms with Crippen molar-refractivity contribution in [3.05, 3.63) is 66.5 Å². The maximum Gasteiger partial charge on any atom is 0.365 e. The van der Waals surface area contributed by atoms with Gasteiger partial charge in [-0.15, -0.1) is 5.10 Å². The van der Waals surface area contributed by atoms with Gasteiger partial charge in [0.1, 0.15) is 5.75 Å². The molecule has 0 saturated heterocycles. The molecule has 0 saturated carbocycles. The Hall–Kier alpha value is -3.48. The molecule has 24 heavy (non-hydrogen) atoms. The van der Waals surface area contributed by atoms with Gasteiger partial charge in [0.15, 0.2) is 5.69 Å². The molecule has 2 aromatic carbocycles. The number of carbonyl (C=O) groups excluding carboxylic acids is 2. The smallest absolute Gasteiger partial charge is 0.365 e. The quantitative estimate of drug-likeness (QED) is 0.589. The summed E-state index contributed by atoms with van der Waals surface area (Å²) in [5.74, 6) is -0.426. The zero-order chi connectivity index (χ0) is 16.9. The van der Waals surface area contributed by atoms with Crippen LogP contribution in [-0.2, 0) is 4.79 Å². The molecule has 1 N–H and O–H groups in total. The number of ether oxygens (including phenoxy) is 1. The molecule has 1 amide bonds. The first-order valence-corrected chi connectivity index (χ1v) is 7.19. The number of aromatic nitrogens is 3. The average Bonchev–Trinajstić information content (AvgIpc) is 3.07. The van der Waals surface area contributed by atoms with Gasteiger partial charge in [0.2, 0.25) is 5.91 Å². The van der Waals surface area contributed by atoms with Gasteiger partial charge in [-0.05, 0) is 36.4 Å². The van der Waals surface area contributed by atoms with Crippen LogP contribution >= 0.6 is 0 Å². The van der Waals surface area contributed by atoms with Crippen molar-refractivity contribution in [2.45, 2.75) is 6.92 Å². The van der Waals surface area contributed by atoms with Crippen molar-refractivity contribution in [3.8, 4) is 11.4 Å². The van der Waals surface area contributed by atoms with Crippen molar-refractivity contribution < 1.29 is 14.3 Å². The third-order valence-electron chi connectivity index (χ3n) is 3.11. The van der Waals surface area contributed by atoms with Crippen LogP contribution in [0.25, 0.3) is 5.69 Å². The molecule has 0 spiro atoms. The van der Waals surface area contributed by atoms with E-state index in [0.29, 0.717) is 11.4 Å². The van der Waals surface area contributed by atoms with Crippen molar-refractivity contribution in [1.29, 1.82) is 0 Å². The van der Waals surface area contributed by atoms with E-state index in [1.165, 1.54) is 17.8 Å². The van der Waals surface area contributed by atoms with Gasteiger partial charge in [-0.25, -0.2) is 9.48 Å². The Balaban J connectivity index is 1.69. The molecule has 1 aromatic heterocycles. The third-order valence-corrected chi connectivity index (χ3v) is 3.11. The van der Waals surface area contributed by atoms with Crippen LogP contribution in [-0.4, -0.2) is 26.9 Å². The molecule has 0 fully saturated rings. The summed E-state index contributed by atoms with van der Waals surface area (Å²) in [6.07, 6.45) is 1.50. The monoisotopic (exact) mass is 322 g/mol. The summed E-state index contributed by atoms with van der Waals surface area (Å²) >= 11 is 0. The van der Waals surface area contributed by atoms with Crippen LogP contribution in [0, 0.1) is 0 Å². The number of rotatable bonds is 4. The van der Waals surface area contributed by atoms with Crippen LogP contribution in [0.1, 0.15) is 17.4 Å². The molecule has 3 aromatic rings. The molecular weight excluding hydrogens is 308 g/mol. The molecule has 0 bridgehead atoms. The van der Waals surface area contributed by atoms with E-state index in [0.717, 1.165) is 5.69 Å². The van der Waals surface area contributed by atoms with Crippen LogP contribution in [0.15, 0.2) is 60.8 Å². The summed E-state index contributed by atoms with van der Waals surface area (Å²) in [5.41, 5.74) is 1.52. The molecule has 0 radical (unpaired) electrons. The summed E-state index contributed by atoms with van der Waals surface area (Å²) < 4.78 is 6.74. The highest BCUT2D eigenvalue weighted by molar-refractivity contribution is 5.90. The minimum Gasteiger partial charge on any atom is -0.422 e. The van der Waals surface area contributed by atoms with E-state index in [1.807, 2.05) is 30.3 Å². The van der Waals surface area contributed by atoms with Gasteiger partial charge in [0.05, 0.1) is 11.9 Å². The highest BCUT2D eigenvalue weighted by Crippen LogP contribution is 2.17. The lowest BCUT2D eigenvalue weighted by Gasteiger charge is -2.04. The predicted octanol–water partition coefficient (Wildman–Crippen LogP) is 2.44. The highest BCUT2D eigenvalue weighted by Gasteiger charge is 2.14. The normalized spacial score (nSPS) is 10.2. The Morgan fingerprint density at radius 1 is 1.04 bits per heavy atom. The number of anilines is 1. The Labute approximate surface area is 137 Å². The molecule has 3 rings (SSSR count). The SMILES string of the molecule is CC(=O)Nc1ccc(OC(=O)c2cn(-c3ccccc3)nn2)cc1. The van der Waals surface area contributed by atoms with Gasteiger partial charge in [0, 0.05) is 12.6 Å². The largest absolute Gasteiger partial charge is 0.422 e. The molecule has 0 aliphatic heterocycles. The van der Waals surface area contributed by atoms with Crippen LogP contribution in [0.3, 0.4) is 0 Å². The summed E-state index contributed by atoms with van der Waals surface area (Å²) in [6.45, 7) is 1.42. The second-order valence-electron chi connectivity index (χ2n) is 4.98. The second kappa shape index (κ2) is 6.74. The highest BCUT2D eigenvalue weighted by atomic mass is 16.5. The van der Waals surface area contributed by atoms with Crippen LogP contribution in [0.2, 0.25) is 0 Å². The number of benzene rings is 2. The molecule has 0 aliphatic rings. The molecule has 0 atom stereocenters. The zero-order valence-electron chi connectivity index (χ0n) is 12.8. The van der Waals surface area contributed by atoms with E-state index in [4.69, 9.17) is 4.74 Å². The van der Waals surface area contributed by atoms with Crippen molar-refractivity contribution in [2.24, 2.45) is 0 Å². The van der Waals surface area contributed by atoms with E-state index in [9.17, 15) is 9.59 Å². The second-order valence-corrected chi connectivity index (χ2v) is 4.98. The fraction of sp³-hybridized carbons (Fsp3) is 0.0588. The Morgan fingerprint density at radius 3 is 2.42 bits per heavy atom. The standard InChI is InChI=1S/C17H14N4O3/c1-12(22)18-13-7-9-15(10-8-13)24-17(23)16-11-21(20-19-16)14-5-3-2-4-6-14/h2-11H,1H3,(H,18,22). The van der Waals surface area contributed by atoms with Gasteiger partial charge in [-0.2, -0.15) is 0 Å². The lowest BCUT2D eigenvalue weighted by Crippen LogP contribution is -2.09. The fourth-order valence-corrected chi connectivity index (χ4v) is 2.03. The van der Waals surface area contributed by atoms with Crippen molar-refractivity contribution in [3.63, 3.8) is 0 Å². The fourth-order valence-electron chi connectivity index (χ4n) is 2.03. The number of hydrogen-bond donors (Lipinski definition) is 1.